The lowest BCUT2D eigenvalue weighted by Crippen LogP contribution is -2.24. The van der Waals surface area contributed by atoms with E-state index < -0.39 is 0 Å². The van der Waals surface area contributed by atoms with Gasteiger partial charge in [0.1, 0.15) is 0 Å². The summed E-state index contributed by atoms with van der Waals surface area (Å²) in [6.07, 6.45) is 5.07. The first-order valence-electron chi connectivity index (χ1n) is 6.68. The molecule has 98 valence electrons. The molecule has 1 aromatic heterocycles. The zero-order chi connectivity index (χ0) is 12.7. The van der Waals surface area contributed by atoms with Crippen LogP contribution in [-0.2, 0) is 0 Å². The number of hydrogen-bond acceptors (Lipinski definition) is 2. The summed E-state index contributed by atoms with van der Waals surface area (Å²) in [5.41, 5.74) is 1.49. The summed E-state index contributed by atoms with van der Waals surface area (Å²) in [5.74, 6) is 0.849. The van der Waals surface area contributed by atoms with Gasteiger partial charge in [-0.05, 0) is 64.9 Å². The van der Waals surface area contributed by atoms with Crippen LogP contribution in [0.25, 0.3) is 0 Å². The van der Waals surface area contributed by atoms with Crippen molar-refractivity contribution in [1.82, 2.24) is 5.32 Å². The highest BCUT2D eigenvalue weighted by Crippen LogP contribution is 2.29. The van der Waals surface area contributed by atoms with Crippen LogP contribution in [-0.4, -0.2) is 6.54 Å². The standard InChI is InChI=1S/C14H24INS/c1-4-7-16-13(8-11(5-2)6-3)12-9-14(15)17-10-12/h9-11,13,16H,4-8H2,1-3H3. The Hall–Kier alpha value is 0.390. The summed E-state index contributed by atoms with van der Waals surface area (Å²) in [6, 6.07) is 2.89. The molecule has 0 spiro atoms. The molecule has 3 heteroatoms. The summed E-state index contributed by atoms with van der Waals surface area (Å²) >= 11 is 4.27. The highest BCUT2D eigenvalue weighted by atomic mass is 127. The van der Waals surface area contributed by atoms with Crippen LogP contribution in [0.3, 0.4) is 0 Å². The molecule has 0 radical (unpaired) electrons. The SMILES string of the molecule is CCCNC(CC(CC)CC)c1csc(I)c1. The van der Waals surface area contributed by atoms with Crippen molar-refractivity contribution in [2.24, 2.45) is 5.92 Å². The molecule has 0 aliphatic heterocycles. The molecule has 0 amide bonds. The fourth-order valence-corrected chi connectivity index (χ4v) is 3.54. The van der Waals surface area contributed by atoms with Gasteiger partial charge in [-0.25, -0.2) is 0 Å². The smallest absolute Gasteiger partial charge is 0.0656 e. The van der Waals surface area contributed by atoms with E-state index >= 15 is 0 Å². The van der Waals surface area contributed by atoms with Crippen molar-refractivity contribution < 1.29 is 0 Å². The van der Waals surface area contributed by atoms with E-state index in [9.17, 15) is 0 Å². The van der Waals surface area contributed by atoms with Gasteiger partial charge in [0.05, 0.1) is 2.88 Å². The third kappa shape index (κ3) is 5.26. The second-order valence-corrected chi connectivity index (χ2v) is 7.41. The molecule has 0 bridgehead atoms. The summed E-state index contributed by atoms with van der Waals surface area (Å²) in [6.45, 7) is 7.97. The van der Waals surface area contributed by atoms with Crippen LogP contribution in [0.2, 0.25) is 0 Å². The van der Waals surface area contributed by atoms with Crippen LogP contribution in [0, 0.1) is 8.80 Å². The Morgan fingerprint density at radius 1 is 1.29 bits per heavy atom. The highest BCUT2D eigenvalue weighted by Gasteiger charge is 2.16. The minimum absolute atomic E-state index is 0.555. The van der Waals surface area contributed by atoms with Crippen LogP contribution in [0.4, 0.5) is 0 Å². The van der Waals surface area contributed by atoms with Gasteiger partial charge in [0.2, 0.25) is 0 Å². The fourth-order valence-electron chi connectivity index (χ4n) is 2.12. The topological polar surface area (TPSA) is 12.0 Å². The maximum atomic E-state index is 3.70. The van der Waals surface area contributed by atoms with Crippen molar-refractivity contribution in [3.63, 3.8) is 0 Å². The molecular weight excluding hydrogens is 341 g/mol. The average molecular weight is 365 g/mol. The first kappa shape index (κ1) is 15.4. The molecule has 1 aromatic rings. The number of thiophene rings is 1. The van der Waals surface area contributed by atoms with Crippen LogP contribution in [0.1, 0.15) is 58.1 Å². The molecule has 1 heterocycles. The van der Waals surface area contributed by atoms with E-state index in [1.165, 1.54) is 34.1 Å². The molecule has 0 aliphatic rings. The van der Waals surface area contributed by atoms with Crippen LogP contribution < -0.4 is 5.32 Å². The largest absolute Gasteiger partial charge is 0.310 e. The molecule has 0 saturated carbocycles. The predicted octanol–water partition coefficient (Wildman–Crippen LogP) is 5.22. The van der Waals surface area contributed by atoms with E-state index in [4.69, 9.17) is 0 Å². The molecular formula is C14H24INS. The van der Waals surface area contributed by atoms with Crippen LogP contribution in [0.5, 0.6) is 0 Å². The zero-order valence-electron chi connectivity index (χ0n) is 11.1. The van der Waals surface area contributed by atoms with Gasteiger partial charge in [-0.2, -0.15) is 0 Å². The minimum Gasteiger partial charge on any atom is -0.310 e. The van der Waals surface area contributed by atoms with Crippen molar-refractivity contribution in [3.8, 4) is 0 Å². The predicted molar refractivity (Wildman–Crippen MR) is 86.8 cm³/mol. The second-order valence-electron chi connectivity index (χ2n) is 4.61. The van der Waals surface area contributed by atoms with E-state index in [-0.39, 0.29) is 0 Å². The van der Waals surface area contributed by atoms with Gasteiger partial charge in [0, 0.05) is 6.04 Å². The molecule has 0 aliphatic carbocycles. The van der Waals surface area contributed by atoms with Gasteiger partial charge < -0.3 is 5.32 Å². The maximum absolute atomic E-state index is 3.70. The van der Waals surface area contributed by atoms with Crippen LogP contribution in [0.15, 0.2) is 11.4 Å². The summed E-state index contributed by atoms with van der Waals surface area (Å²) in [4.78, 5) is 0. The van der Waals surface area contributed by atoms with Crippen LogP contribution >= 0.6 is 33.9 Å². The Labute approximate surface area is 124 Å². The minimum atomic E-state index is 0.555. The van der Waals surface area contributed by atoms with Gasteiger partial charge in [0.25, 0.3) is 0 Å². The zero-order valence-corrected chi connectivity index (χ0v) is 14.1. The number of rotatable bonds is 8. The van der Waals surface area contributed by atoms with Gasteiger partial charge in [-0.1, -0.05) is 33.6 Å². The Morgan fingerprint density at radius 3 is 2.47 bits per heavy atom. The van der Waals surface area contributed by atoms with E-state index in [2.05, 4.69) is 60.1 Å². The molecule has 1 atom stereocenters. The lowest BCUT2D eigenvalue weighted by Gasteiger charge is -2.22. The monoisotopic (exact) mass is 365 g/mol. The molecule has 1 nitrogen and oxygen atoms in total. The van der Waals surface area contributed by atoms with Gasteiger partial charge in [0.15, 0.2) is 0 Å². The summed E-state index contributed by atoms with van der Waals surface area (Å²) in [7, 11) is 0. The first-order valence-corrected chi connectivity index (χ1v) is 8.64. The Balaban J connectivity index is 2.66. The molecule has 0 aromatic carbocycles. The van der Waals surface area contributed by atoms with Crippen molar-refractivity contribution in [3.05, 3.63) is 19.9 Å². The lowest BCUT2D eigenvalue weighted by molar-refractivity contribution is 0.372. The molecule has 1 rings (SSSR count). The number of hydrogen-bond donors (Lipinski definition) is 1. The molecule has 0 saturated heterocycles. The second kappa shape index (κ2) is 8.48. The summed E-state index contributed by atoms with van der Waals surface area (Å²) < 4.78 is 1.39. The normalized spacial score (nSPS) is 13.2. The van der Waals surface area contributed by atoms with E-state index in [0.29, 0.717) is 6.04 Å². The third-order valence-electron chi connectivity index (χ3n) is 3.35. The van der Waals surface area contributed by atoms with Gasteiger partial charge >= 0.3 is 0 Å². The van der Waals surface area contributed by atoms with Gasteiger partial charge in [-0.15, -0.1) is 11.3 Å². The highest BCUT2D eigenvalue weighted by molar-refractivity contribution is 14.1. The Kier molecular flexibility index (Phi) is 7.71. The molecule has 1 N–H and O–H groups in total. The summed E-state index contributed by atoms with van der Waals surface area (Å²) in [5, 5.41) is 6.02. The van der Waals surface area contributed by atoms with E-state index in [1.54, 1.807) is 0 Å². The van der Waals surface area contributed by atoms with Crippen molar-refractivity contribution >= 4 is 33.9 Å². The van der Waals surface area contributed by atoms with Crippen molar-refractivity contribution in [1.29, 1.82) is 0 Å². The molecule has 0 fully saturated rings. The third-order valence-corrected chi connectivity index (χ3v) is 5.16. The Morgan fingerprint density at radius 2 is 2.00 bits per heavy atom. The molecule has 1 unspecified atom stereocenters. The first-order chi connectivity index (χ1) is 8.21. The number of nitrogens with one attached hydrogen (secondary N) is 1. The average Bonchev–Trinajstić information content (AvgIpc) is 2.76. The lowest BCUT2D eigenvalue weighted by atomic mass is 9.92. The van der Waals surface area contributed by atoms with E-state index in [1.807, 2.05) is 11.3 Å². The fraction of sp³-hybridized carbons (Fsp3) is 0.714. The maximum Gasteiger partial charge on any atom is 0.0656 e. The van der Waals surface area contributed by atoms with Gasteiger partial charge in [-0.3, -0.25) is 0 Å². The van der Waals surface area contributed by atoms with E-state index in [0.717, 1.165) is 12.5 Å². The molecule has 17 heavy (non-hydrogen) atoms. The number of halogens is 1. The van der Waals surface area contributed by atoms with Crippen molar-refractivity contribution in [2.45, 2.75) is 52.5 Å². The van der Waals surface area contributed by atoms with Crippen molar-refractivity contribution in [2.75, 3.05) is 6.54 Å². The Bertz CT molecular complexity index is 307. The quantitative estimate of drug-likeness (QED) is 0.623.